The van der Waals surface area contributed by atoms with Crippen molar-refractivity contribution >= 4 is 5.91 Å². The quantitative estimate of drug-likeness (QED) is 0.875. The van der Waals surface area contributed by atoms with Crippen LogP contribution in [0, 0.1) is 17.1 Å². The second kappa shape index (κ2) is 4.67. The average molecular weight is 244 g/mol. The van der Waals surface area contributed by atoms with Gasteiger partial charge in [0, 0.05) is 11.8 Å². The smallest absolute Gasteiger partial charge is 0.251 e. The Balaban J connectivity index is 2.29. The van der Waals surface area contributed by atoms with E-state index in [-0.39, 0.29) is 17.7 Å². The zero-order valence-electron chi connectivity index (χ0n) is 9.30. The lowest BCUT2D eigenvalue weighted by Gasteiger charge is -2.04. The molecule has 0 unspecified atom stereocenters. The average Bonchev–Trinajstić information content (AvgIpc) is 2.80. The van der Waals surface area contributed by atoms with Crippen LogP contribution in [0.15, 0.2) is 30.6 Å². The Hall–Kier alpha value is -2.68. The van der Waals surface area contributed by atoms with E-state index in [2.05, 4.69) is 5.10 Å². The maximum atomic E-state index is 13.8. The van der Waals surface area contributed by atoms with Gasteiger partial charge in [-0.2, -0.15) is 10.4 Å². The first-order chi connectivity index (χ1) is 8.61. The number of nitrogens with two attached hydrogens (primary N) is 1. The third kappa shape index (κ3) is 2.20. The number of carbonyl (C=O) groups excluding carboxylic acids is 1. The summed E-state index contributed by atoms with van der Waals surface area (Å²) in [5.74, 6) is -1.16. The van der Waals surface area contributed by atoms with E-state index in [9.17, 15) is 9.18 Å². The summed E-state index contributed by atoms with van der Waals surface area (Å²) < 4.78 is 15.2. The van der Waals surface area contributed by atoms with Crippen molar-refractivity contribution in [3.63, 3.8) is 0 Å². The van der Waals surface area contributed by atoms with Gasteiger partial charge in [0.05, 0.1) is 23.9 Å². The van der Waals surface area contributed by atoms with Crippen molar-refractivity contribution in [2.75, 3.05) is 0 Å². The topological polar surface area (TPSA) is 84.7 Å². The molecule has 6 heteroatoms. The van der Waals surface area contributed by atoms with Gasteiger partial charge in [-0.15, -0.1) is 0 Å². The largest absolute Gasteiger partial charge is 0.366 e. The van der Waals surface area contributed by atoms with Gasteiger partial charge in [0.15, 0.2) is 0 Å². The standard InChI is InChI=1S/C12H9FN4O/c13-11-8(4-14)2-1-3-9(11)6-17-7-10(5-16-17)12(15)18/h1-3,5,7H,6H2,(H2,15,18). The van der Waals surface area contributed by atoms with Crippen molar-refractivity contribution in [1.82, 2.24) is 9.78 Å². The van der Waals surface area contributed by atoms with Gasteiger partial charge in [0.1, 0.15) is 11.9 Å². The summed E-state index contributed by atoms with van der Waals surface area (Å²) in [7, 11) is 0. The molecule has 2 rings (SSSR count). The Morgan fingerprint density at radius 1 is 1.56 bits per heavy atom. The van der Waals surface area contributed by atoms with Gasteiger partial charge >= 0.3 is 0 Å². The highest BCUT2D eigenvalue weighted by atomic mass is 19.1. The molecule has 0 bridgehead atoms. The monoisotopic (exact) mass is 244 g/mol. The van der Waals surface area contributed by atoms with Crippen LogP contribution in [0.2, 0.25) is 0 Å². The Morgan fingerprint density at radius 2 is 2.33 bits per heavy atom. The van der Waals surface area contributed by atoms with Gasteiger partial charge in [-0.3, -0.25) is 9.48 Å². The van der Waals surface area contributed by atoms with Crippen molar-refractivity contribution in [3.05, 3.63) is 53.1 Å². The van der Waals surface area contributed by atoms with E-state index in [0.717, 1.165) is 0 Å². The van der Waals surface area contributed by atoms with Crippen LogP contribution in [-0.2, 0) is 6.54 Å². The fourth-order valence-electron chi connectivity index (χ4n) is 1.54. The SMILES string of the molecule is N#Cc1cccc(Cn2cc(C(N)=O)cn2)c1F. The number of nitrogens with zero attached hydrogens (tertiary/aromatic N) is 3. The summed E-state index contributed by atoms with van der Waals surface area (Å²) in [4.78, 5) is 10.9. The molecule has 90 valence electrons. The fraction of sp³-hybridized carbons (Fsp3) is 0.0833. The minimum absolute atomic E-state index is 0.0187. The van der Waals surface area contributed by atoms with E-state index in [1.807, 2.05) is 0 Å². The first-order valence-corrected chi connectivity index (χ1v) is 5.11. The molecule has 18 heavy (non-hydrogen) atoms. The third-order valence-electron chi connectivity index (χ3n) is 2.45. The van der Waals surface area contributed by atoms with Crippen molar-refractivity contribution in [2.24, 2.45) is 5.73 Å². The van der Waals surface area contributed by atoms with E-state index in [1.165, 1.54) is 23.1 Å². The maximum Gasteiger partial charge on any atom is 0.251 e. The maximum absolute atomic E-state index is 13.8. The highest BCUT2D eigenvalue weighted by Gasteiger charge is 2.09. The van der Waals surface area contributed by atoms with E-state index >= 15 is 0 Å². The highest BCUT2D eigenvalue weighted by Crippen LogP contribution is 2.13. The molecule has 1 heterocycles. The second-order valence-electron chi connectivity index (χ2n) is 3.68. The van der Waals surface area contributed by atoms with Crippen molar-refractivity contribution in [1.29, 1.82) is 5.26 Å². The molecule has 0 atom stereocenters. The number of carbonyl (C=O) groups is 1. The van der Waals surface area contributed by atoms with Crippen LogP contribution in [0.1, 0.15) is 21.5 Å². The first kappa shape index (κ1) is 11.8. The zero-order valence-corrected chi connectivity index (χ0v) is 9.30. The molecule has 0 aliphatic heterocycles. The number of benzene rings is 1. The fourth-order valence-corrected chi connectivity index (χ4v) is 1.54. The summed E-state index contributed by atoms with van der Waals surface area (Å²) >= 11 is 0. The van der Waals surface area contributed by atoms with E-state index in [4.69, 9.17) is 11.0 Å². The second-order valence-corrected chi connectivity index (χ2v) is 3.68. The summed E-state index contributed by atoms with van der Waals surface area (Å²) in [6.45, 7) is 0.134. The first-order valence-electron chi connectivity index (χ1n) is 5.11. The number of amides is 1. The number of aromatic nitrogens is 2. The lowest BCUT2D eigenvalue weighted by atomic mass is 10.1. The number of primary amides is 1. The molecule has 0 saturated carbocycles. The van der Waals surface area contributed by atoms with Crippen molar-refractivity contribution < 1.29 is 9.18 Å². The Kier molecular flexibility index (Phi) is 3.06. The summed E-state index contributed by atoms with van der Waals surface area (Å²) in [6, 6.07) is 6.32. The van der Waals surface area contributed by atoms with Gasteiger partial charge in [-0.25, -0.2) is 4.39 Å². The Morgan fingerprint density at radius 3 is 2.94 bits per heavy atom. The summed E-state index contributed by atoms with van der Waals surface area (Å²) in [5, 5.41) is 12.6. The zero-order chi connectivity index (χ0) is 13.1. The van der Waals surface area contributed by atoms with Crippen LogP contribution in [0.25, 0.3) is 0 Å². The van der Waals surface area contributed by atoms with Crippen molar-refractivity contribution in [3.8, 4) is 6.07 Å². The van der Waals surface area contributed by atoms with Crippen LogP contribution in [0.4, 0.5) is 4.39 Å². The molecule has 0 aliphatic rings. The normalized spacial score (nSPS) is 10.0. The molecule has 0 saturated heterocycles. The van der Waals surface area contributed by atoms with Gasteiger partial charge in [0.25, 0.3) is 5.91 Å². The van der Waals surface area contributed by atoms with Crippen LogP contribution < -0.4 is 5.73 Å². The minimum Gasteiger partial charge on any atom is -0.366 e. The molecule has 0 aliphatic carbocycles. The molecule has 1 aromatic carbocycles. The van der Waals surface area contributed by atoms with E-state index < -0.39 is 11.7 Å². The highest BCUT2D eigenvalue weighted by molar-refractivity contribution is 5.92. The molecule has 0 radical (unpaired) electrons. The molecule has 0 fully saturated rings. The number of rotatable bonds is 3. The molecule has 1 aromatic heterocycles. The van der Waals surface area contributed by atoms with Crippen LogP contribution in [-0.4, -0.2) is 15.7 Å². The number of hydrogen-bond donors (Lipinski definition) is 1. The molecule has 2 N–H and O–H groups in total. The molecular weight excluding hydrogens is 235 g/mol. The van der Waals surface area contributed by atoms with Crippen molar-refractivity contribution in [2.45, 2.75) is 6.54 Å². The Labute approximate surface area is 102 Å². The molecular formula is C12H9FN4O. The molecule has 1 amide bonds. The summed E-state index contributed by atoms with van der Waals surface area (Å²) in [5.41, 5.74) is 5.65. The van der Waals surface area contributed by atoms with Gasteiger partial charge in [0.2, 0.25) is 0 Å². The van der Waals surface area contributed by atoms with E-state index in [1.54, 1.807) is 18.2 Å². The predicted octanol–water partition coefficient (Wildman–Crippen LogP) is 1.04. The van der Waals surface area contributed by atoms with Gasteiger partial charge < -0.3 is 5.73 Å². The predicted molar refractivity (Wildman–Crippen MR) is 61.0 cm³/mol. The summed E-state index contributed by atoms with van der Waals surface area (Å²) in [6.07, 6.45) is 2.75. The number of halogens is 1. The Bertz CT molecular complexity index is 642. The van der Waals surface area contributed by atoms with E-state index in [0.29, 0.717) is 5.56 Å². The molecule has 2 aromatic rings. The van der Waals surface area contributed by atoms with Gasteiger partial charge in [-0.1, -0.05) is 12.1 Å². The molecule has 0 spiro atoms. The number of nitriles is 1. The minimum atomic E-state index is -0.590. The van der Waals surface area contributed by atoms with Crippen LogP contribution >= 0.6 is 0 Å². The van der Waals surface area contributed by atoms with Crippen LogP contribution in [0.5, 0.6) is 0 Å². The number of hydrogen-bond acceptors (Lipinski definition) is 3. The van der Waals surface area contributed by atoms with Crippen LogP contribution in [0.3, 0.4) is 0 Å². The van der Waals surface area contributed by atoms with Gasteiger partial charge in [-0.05, 0) is 6.07 Å². The molecule has 5 nitrogen and oxygen atoms in total. The lowest BCUT2D eigenvalue weighted by molar-refractivity contribution is 0.1000. The third-order valence-corrected chi connectivity index (χ3v) is 2.45. The lowest BCUT2D eigenvalue weighted by Crippen LogP contribution is -2.10.